The van der Waals surface area contributed by atoms with Gasteiger partial charge in [-0.25, -0.2) is 0 Å². The van der Waals surface area contributed by atoms with Crippen LogP contribution in [0.15, 0.2) is 50.7 Å². The van der Waals surface area contributed by atoms with Gasteiger partial charge in [0.15, 0.2) is 5.43 Å². The lowest BCUT2D eigenvalue weighted by molar-refractivity contribution is 0.173. The first kappa shape index (κ1) is 24.7. The van der Waals surface area contributed by atoms with E-state index in [1.54, 1.807) is 13.8 Å². The van der Waals surface area contributed by atoms with Crippen molar-refractivity contribution in [2.45, 2.75) is 61.0 Å². The molecule has 1 N–H and O–H groups in total. The molecule has 0 aromatic carbocycles. The Morgan fingerprint density at radius 2 is 1.86 bits per heavy atom. The average molecular weight is 401 g/mol. The van der Waals surface area contributed by atoms with Gasteiger partial charge < -0.3 is 14.3 Å². The van der Waals surface area contributed by atoms with E-state index in [1.165, 1.54) is 7.11 Å². The van der Waals surface area contributed by atoms with Gasteiger partial charge in [-0.15, -0.1) is 0 Å². The van der Waals surface area contributed by atoms with Crippen molar-refractivity contribution in [2.75, 3.05) is 7.11 Å². The summed E-state index contributed by atoms with van der Waals surface area (Å²) in [4.78, 5) is 12.2. The Morgan fingerprint density at radius 1 is 1.21 bits per heavy atom. The van der Waals surface area contributed by atoms with Crippen molar-refractivity contribution in [2.24, 2.45) is 11.8 Å². The molecule has 1 aromatic rings. The summed E-state index contributed by atoms with van der Waals surface area (Å²) in [6, 6.07) is 0. The summed E-state index contributed by atoms with van der Waals surface area (Å²) < 4.78 is 10.8. The second kappa shape index (κ2) is 11.6. The molecule has 29 heavy (non-hydrogen) atoms. The van der Waals surface area contributed by atoms with Crippen molar-refractivity contribution in [3.63, 3.8) is 0 Å². The second-order valence-electron chi connectivity index (χ2n) is 7.76. The van der Waals surface area contributed by atoms with Gasteiger partial charge in [0.2, 0.25) is 0 Å². The van der Waals surface area contributed by atoms with E-state index in [0.717, 1.165) is 17.6 Å². The predicted molar refractivity (Wildman–Crippen MR) is 121 cm³/mol. The van der Waals surface area contributed by atoms with Crippen LogP contribution < -0.4 is 10.2 Å². The maximum Gasteiger partial charge on any atom is 0.291 e. The molecule has 0 aliphatic heterocycles. The molecule has 160 valence electrons. The molecule has 0 amide bonds. The fraction of sp³-hybridized carbons (Fsp3) is 0.480. The molecule has 0 aliphatic rings. The molecule has 0 aliphatic carbocycles. The zero-order valence-corrected chi connectivity index (χ0v) is 19.1. The molecule has 0 saturated heterocycles. The van der Waals surface area contributed by atoms with E-state index in [9.17, 15) is 9.90 Å². The Hall–Kier alpha value is -2.33. The summed E-state index contributed by atoms with van der Waals surface area (Å²) in [6.45, 7) is 13.5. The monoisotopic (exact) mass is 400 g/mol. The number of allylic oxidation sites excluding steroid dienone is 5. The van der Waals surface area contributed by atoms with E-state index in [-0.39, 0.29) is 23.2 Å². The normalized spacial score (nSPS) is 16.4. The van der Waals surface area contributed by atoms with Crippen LogP contribution in [0.3, 0.4) is 0 Å². The van der Waals surface area contributed by atoms with Gasteiger partial charge in [-0.3, -0.25) is 4.79 Å². The molecule has 4 nitrogen and oxygen atoms in total. The minimum absolute atomic E-state index is 0.0504. The van der Waals surface area contributed by atoms with Crippen LogP contribution >= 0.6 is 0 Å². The van der Waals surface area contributed by atoms with Gasteiger partial charge in [-0.05, 0) is 58.6 Å². The number of ether oxygens (including phenoxy) is 1. The number of rotatable bonds is 9. The third-order valence-corrected chi connectivity index (χ3v) is 5.16. The zero-order valence-electron chi connectivity index (χ0n) is 19.1. The van der Waals surface area contributed by atoms with Crippen LogP contribution in [0.5, 0.6) is 5.95 Å². The third-order valence-electron chi connectivity index (χ3n) is 5.16. The van der Waals surface area contributed by atoms with E-state index in [2.05, 4.69) is 25.2 Å². The van der Waals surface area contributed by atoms with E-state index in [0.29, 0.717) is 16.9 Å². The van der Waals surface area contributed by atoms with Crippen LogP contribution in [0.1, 0.15) is 57.9 Å². The number of hydrogen-bond acceptors (Lipinski definition) is 4. The minimum atomic E-state index is -0.449. The number of aliphatic hydroxyl groups is 1. The Bertz CT molecular complexity index is 852. The number of aliphatic hydroxyl groups excluding tert-OH is 1. The highest BCUT2D eigenvalue weighted by Gasteiger charge is 2.13. The molecule has 0 radical (unpaired) electrons. The number of methoxy groups -OCH3 is 1. The van der Waals surface area contributed by atoms with E-state index >= 15 is 0 Å². The highest BCUT2D eigenvalue weighted by atomic mass is 16.6. The molecule has 0 fully saturated rings. The lowest BCUT2D eigenvalue weighted by Crippen LogP contribution is -2.17. The lowest BCUT2D eigenvalue weighted by Gasteiger charge is -2.16. The van der Waals surface area contributed by atoms with Crippen molar-refractivity contribution in [1.82, 2.24) is 0 Å². The Balaban J connectivity index is 2.76. The van der Waals surface area contributed by atoms with E-state index < -0.39 is 6.10 Å². The first-order chi connectivity index (χ1) is 13.6. The molecule has 0 spiro atoms. The minimum Gasteiger partial charge on any atom is -0.468 e. The predicted octanol–water partition coefficient (Wildman–Crippen LogP) is 5.77. The summed E-state index contributed by atoms with van der Waals surface area (Å²) >= 11 is 0. The van der Waals surface area contributed by atoms with Gasteiger partial charge in [-0.1, -0.05) is 49.8 Å². The summed E-state index contributed by atoms with van der Waals surface area (Å²) in [6.07, 6.45) is 12.5. The van der Waals surface area contributed by atoms with E-state index in [1.807, 2.05) is 45.9 Å². The molecule has 1 aromatic heterocycles. The van der Waals surface area contributed by atoms with Crippen LogP contribution in [-0.2, 0) is 0 Å². The maximum atomic E-state index is 12.2. The zero-order chi connectivity index (χ0) is 22.1. The second-order valence-corrected chi connectivity index (χ2v) is 7.76. The molecule has 0 bridgehead atoms. The van der Waals surface area contributed by atoms with Gasteiger partial charge in [0.25, 0.3) is 5.95 Å². The summed E-state index contributed by atoms with van der Waals surface area (Å²) in [5.41, 5.74) is 3.14. The summed E-state index contributed by atoms with van der Waals surface area (Å²) in [5, 5.41) is 10.2. The molecular formula is C25H36O4. The van der Waals surface area contributed by atoms with Crippen molar-refractivity contribution < 1.29 is 14.3 Å². The van der Waals surface area contributed by atoms with Crippen LogP contribution in [-0.4, -0.2) is 18.3 Å². The summed E-state index contributed by atoms with van der Waals surface area (Å²) in [7, 11) is 1.50. The van der Waals surface area contributed by atoms with Gasteiger partial charge in [0.1, 0.15) is 5.76 Å². The van der Waals surface area contributed by atoms with Crippen LogP contribution in [0.4, 0.5) is 0 Å². The van der Waals surface area contributed by atoms with Crippen molar-refractivity contribution in [3.05, 3.63) is 68.6 Å². The molecule has 1 rings (SSSR count). The molecule has 3 atom stereocenters. The first-order valence-electron chi connectivity index (χ1n) is 10.1. The largest absolute Gasteiger partial charge is 0.468 e. The van der Waals surface area contributed by atoms with Gasteiger partial charge >= 0.3 is 0 Å². The Labute approximate surface area is 175 Å². The Kier molecular flexibility index (Phi) is 9.90. The Morgan fingerprint density at radius 3 is 2.45 bits per heavy atom. The van der Waals surface area contributed by atoms with Gasteiger partial charge in [-0.2, -0.15) is 0 Å². The van der Waals surface area contributed by atoms with Crippen LogP contribution in [0.2, 0.25) is 0 Å². The molecule has 4 heteroatoms. The fourth-order valence-corrected chi connectivity index (χ4v) is 3.04. The topological polar surface area (TPSA) is 59.7 Å². The third kappa shape index (κ3) is 7.21. The van der Waals surface area contributed by atoms with Crippen molar-refractivity contribution >= 4 is 6.08 Å². The molecule has 0 unspecified atom stereocenters. The van der Waals surface area contributed by atoms with Crippen molar-refractivity contribution in [1.29, 1.82) is 0 Å². The summed E-state index contributed by atoms with van der Waals surface area (Å²) in [5.74, 6) is 1.14. The van der Waals surface area contributed by atoms with Crippen molar-refractivity contribution in [3.8, 4) is 5.95 Å². The fourth-order valence-electron chi connectivity index (χ4n) is 3.04. The first-order valence-corrected chi connectivity index (χ1v) is 10.1. The standard InChI is InChI=1S/C25H36O4/c1-9-18(4)23(26)19(5)15-17(3)12-10-11-16(2)13-14-22-20(6)24(27)21(7)25(28-8)29-22/h9-10,12-16,19,23,26H,11H2,1-8H3/b12-10+,14-13+,17-15+,18-9+/t16-,19-,23+/m1/s1. The smallest absolute Gasteiger partial charge is 0.291 e. The van der Waals surface area contributed by atoms with Gasteiger partial charge in [0.05, 0.1) is 18.8 Å². The highest BCUT2D eigenvalue weighted by molar-refractivity contribution is 5.49. The quantitative estimate of drug-likeness (QED) is 0.422. The van der Waals surface area contributed by atoms with E-state index in [4.69, 9.17) is 9.15 Å². The van der Waals surface area contributed by atoms with Crippen LogP contribution in [0.25, 0.3) is 6.08 Å². The molecule has 1 heterocycles. The lowest BCUT2D eigenvalue weighted by atomic mass is 9.96. The maximum absolute atomic E-state index is 12.2. The van der Waals surface area contributed by atoms with Gasteiger partial charge in [0, 0.05) is 11.5 Å². The number of hydrogen-bond donors (Lipinski definition) is 1. The highest BCUT2D eigenvalue weighted by Crippen LogP contribution is 2.21. The SMILES string of the molecule is C/C=C(\C)[C@H](O)[C@H](C)/C=C(C)/C=C/C[C@@H](C)/C=C/c1oc(OC)c(C)c(=O)c1C. The van der Waals surface area contributed by atoms with Crippen LogP contribution in [0, 0.1) is 25.7 Å². The molecular weight excluding hydrogens is 364 g/mol. The average Bonchev–Trinajstić information content (AvgIpc) is 2.70. The molecule has 0 saturated carbocycles.